The standard InChI is InChI=1S/C20H23Cl3O7S2/c1-2-31(25,26)13-14(24)12-30-20-18(22)10-17(11-19(20)23)32(27,28)16-6-4-15(5-7-16)29-9-3-8-21/h4-7,10-11,14,24H,2-3,8-9,12-13H2,1H3/t14-/m0/s1. The van der Waals surface area contributed by atoms with Gasteiger partial charge in [-0.2, -0.15) is 0 Å². The number of sulfone groups is 2. The monoisotopic (exact) mass is 544 g/mol. The number of hydrogen-bond donors (Lipinski definition) is 1. The van der Waals surface area contributed by atoms with Crippen molar-refractivity contribution in [1.82, 2.24) is 0 Å². The van der Waals surface area contributed by atoms with Crippen LogP contribution in [0.3, 0.4) is 0 Å². The minimum absolute atomic E-state index is 0.0168. The molecule has 0 unspecified atom stereocenters. The van der Waals surface area contributed by atoms with E-state index in [-0.39, 0.29) is 37.9 Å². The van der Waals surface area contributed by atoms with E-state index in [0.717, 1.165) is 0 Å². The van der Waals surface area contributed by atoms with Gasteiger partial charge in [0.05, 0.1) is 32.2 Å². The molecule has 12 heteroatoms. The Balaban J connectivity index is 2.17. The van der Waals surface area contributed by atoms with Gasteiger partial charge in [0.1, 0.15) is 18.5 Å². The Morgan fingerprint density at radius 1 is 0.969 bits per heavy atom. The number of hydrogen-bond acceptors (Lipinski definition) is 7. The van der Waals surface area contributed by atoms with Crippen LogP contribution in [0.4, 0.5) is 0 Å². The zero-order valence-corrected chi connectivity index (χ0v) is 21.0. The van der Waals surface area contributed by atoms with E-state index in [9.17, 15) is 21.9 Å². The number of aliphatic hydroxyl groups is 1. The molecule has 0 aliphatic carbocycles. The van der Waals surface area contributed by atoms with E-state index in [4.69, 9.17) is 44.3 Å². The molecule has 0 aliphatic heterocycles. The van der Waals surface area contributed by atoms with Crippen molar-refractivity contribution in [2.75, 3.05) is 30.6 Å². The lowest BCUT2D eigenvalue weighted by Crippen LogP contribution is -2.28. The zero-order chi connectivity index (χ0) is 23.9. The van der Waals surface area contributed by atoms with Gasteiger partial charge < -0.3 is 14.6 Å². The van der Waals surface area contributed by atoms with Crippen molar-refractivity contribution in [2.45, 2.75) is 29.2 Å². The van der Waals surface area contributed by atoms with Crippen molar-refractivity contribution >= 4 is 54.5 Å². The number of ether oxygens (including phenoxy) is 2. The molecule has 32 heavy (non-hydrogen) atoms. The van der Waals surface area contributed by atoms with Gasteiger partial charge in [-0.25, -0.2) is 16.8 Å². The Hall–Kier alpha value is -1.23. The van der Waals surface area contributed by atoms with Gasteiger partial charge in [-0.15, -0.1) is 11.6 Å². The van der Waals surface area contributed by atoms with Crippen LogP contribution in [0.1, 0.15) is 13.3 Å². The van der Waals surface area contributed by atoms with Gasteiger partial charge in [0.15, 0.2) is 15.6 Å². The van der Waals surface area contributed by atoms with Gasteiger partial charge in [-0.3, -0.25) is 0 Å². The quantitative estimate of drug-likeness (QED) is 0.317. The highest BCUT2D eigenvalue weighted by Crippen LogP contribution is 2.37. The summed E-state index contributed by atoms with van der Waals surface area (Å²) < 4.78 is 59.9. The third-order valence-corrected chi connectivity index (χ3v) is 8.62. The molecule has 0 fully saturated rings. The first-order valence-corrected chi connectivity index (χ1v) is 14.1. The smallest absolute Gasteiger partial charge is 0.206 e. The summed E-state index contributed by atoms with van der Waals surface area (Å²) in [4.78, 5) is -0.132. The van der Waals surface area contributed by atoms with Gasteiger partial charge >= 0.3 is 0 Å². The summed E-state index contributed by atoms with van der Waals surface area (Å²) in [5.41, 5.74) is 0. The fourth-order valence-corrected chi connectivity index (χ4v) is 5.63. The van der Waals surface area contributed by atoms with Crippen LogP contribution in [-0.2, 0) is 19.7 Å². The van der Waals surface area contributed by atoms with Crippen molar-refractivity contribution in [3.8, 4) is 11.5 Å². The van der Waals surface area contributed by atoms with Gasteiger partial charge in [0.25, 0.3) is 0 Å². The summed E-state index contributed by atoms with van der Waals surface area (Å²) in [5, 5.41) is 9.69. The van der Waals surface area contributed by atoms with Gasteiger partial charge in [-0.1, -0.05) is 30.1 Å². The second-order valence-electron chi connectivity index (χ2n) is 6.75. The molecule has 0 heterocycles. The van der Waals surface area contributed by atoms with E-state index in [2.05, 4.69) is 0 Å². The Bertz CT molecular complexity index is 1100. The van der Waals surface area contributed by atoms with E-state index in [0.29, 0.717) is 24.7 Å². The lowest BCUT2D eigenvalue weighted by Gasteiger charge is -2.15. The number of alkyl halides is 1. The molecule has 0 amide bonds. The van der Waals surface area contributed by atoms with Crippen molar-refractivity contribution in [3.63, 3.8) is 0 Å². The molecule has 2 aromatic rings. The SMILES string of the molecule is CCS(=O)(=O)C[C@@H](O)COc1c(Cl)cc(S(=O)(=O)c2ccc(OCCCCl)cc2)cc1Cl. The van der Waals surface area contributed by atoms with Gasteiger partial charge in [0, 0.05) is 11.6 Å². The molecule has 1 atom stereocenters. The van der Waals surface area contributed by atoms with Crippen LogP contribution >= 0.6 is 34.8 Å². The first-order chi connectivity index (χ1) is 15.0. The predicted molar refractivity (Wildman–Crippen MR) is 125 cm³/mol. The van der Waals surface area contributed by atoms with E-state index in [1.54, 1.807) is 0 Å². The van der Waals surface area contributed by atoms with Crippen LogP contribution in [0, 0.1) is 0 Å². The Kier molecular flexibility index (Phi) is 9.93. The van der Waals surface area contributed by atoms with E-state index in [1.165, 1.54) is 43.3 Å². The lowest BCUT2D eigenvalue weighted by atomic mass is 10.3. The first-order valence-electron chi connectivity index (χ1n) is 9.54. The Morgan fingerprint density at radius 2 is 1.56 bits per heavy atom. The summed E-state index contributed by atoms with van der Waals surface area (Å²) in [5.74, 6) is 0.334. The van der Waals surface area contributed by atoms with Crippen molar-refractivity contribution in [2.24, 2.45) is 0 Å². The maximum Gasteiger partial charge on any atom is 0.206 e. The molecule has 0 saturated heterocycles. The number of rotatable bonds is 12. The first kappa shape index (κ1) is 27.0. The molecule has 2 rings (SSSR count). The van der Waals surface area contributed by atoms with Crippen LogP contribution in [0.25, 0.3) is 0 Å². The molecule has 2 aromatic carbocycles. The van der Waals surface area contributed by atoms with Gasteiger partial charge in [-0.05, 0) is 42.8 Å². The number of aliphatic hydroxyl groups excluding tert-OH is 1. The highest BCUT2D eigenvalue weighted by atomic mass is 35.5. The molecule has 0 spiro atoms. The van der Waals surface area contributed by atoms with Crippen molar-refractivity contribution in [3.05, 3.63) is 46.4 Å². The molecule has 178 valence electrons. The minimum atomic E-state index is -3.93. The Labute approximate surface area is 203 Å². The van der Waals surface area contributed by atoms with Crippen LogP contribution in [0.2, 0.25) is 10.0 Å². The molecular formula is C20H23Cl3O7S2. The van der Waals surface area contributed by atoms with Gasteiger partial charge in [0.2, 0.25) is 9.84 Å². The molecule has 7 nitrogen and oxygen atoms in total. The van der Waals surface area contributed by atoms with Crippen LogP contribution in [0.5, 0.6) is 11.5 Å². The average molecular weight is 546 g/mol. The van der Waals surface area contributed by atoms with Crippen LogP contribution < -0.4 is 9.47 Å². The fraction of sp³-hybridized carbons (Fsp3) is 0.400. The summed E-state index contributed by atoms with van der Waals surface area (Å²) in [6, 6.07) is 8.24. The van der Waals surface area contributed by atoms with Crippen LogP contribution in [-0.4, -0.2) is 58.6 Å². The number of benzene rings is 2. The zero-order valence-electron chi connectivity index (χ0n) is 17.1. The normalized spacial score (nSPS) is 13.0. The highest BCUT2D eigenvalue weighted by Gasteiger charge is 2.23. The molecule has 0 radical (unpaired) electrons. The molecule has 0 aliphatic rings. The third kappa shape index (κ3) is 7.40. The molecular weight excluding hydrogens is 523 g/mol. The largest absolute Gasteiger partial charge is 0.494 e. The molecule has 0 aromatic heterocycles. The lowest BCUT2D eigenvalue weighted by molar-refractivity contribution is 0.125. The topological polar surface area (TPSA) is 107 Å². The fourth-order valence-electron chi connectivity index (χ4n) is 2.56. The Morgan fingerprint density at radius 3 is 2.09 bits per heavy atom. The third-order valence-electron chi connectivity index (χ3n) is 4.27. The molecule has 0 saturated carbocycles. The second kappa shape index (κ2) is 11.8. The summed E-state index contributed by atoms with van der Waals surface area (Å²) in [7, 11) is -7.33. The average Bonchev–Trinajstić information content (AvgIpc) is 2.73. The number of halogens is 3. The van der Waals surface area contributed by atoms with E-state index in [1.807, 2.05) is 0 Å². The maximum atomic E-state index is 13.0. The highest BCUT2D eigenvalue weighted by molar-refractivity contribution is 7.91. The predicted octanol–water partition coefficient (Wildman–Crippen LogP) is 4.01. The summed E-state index contributed by atoms with van der Waals surface area (Å²) >= 11 is 17.9. The van der Waals surface area contributed by atoms with E-state index < -0.39 is 31.5 Å². The van der Waals surface area contributed by atoms with E-state index >= 15 is 0 Å². The molecule has 1 N–H and O–H groups in total. The van der Waals surface area contributed by atoms with Crippen molar-refractivity contribution in [1.29, 1.82) is 0 Å². The minimum Gasteiger partial charge on any atom is -0.494 e. The summed E-state index contributed by atoms with van der Waals surface area (Å²) in [6.45, 7) is 1.51. The second-order valence-corrected chi connectivity index (χ2v) is 12.3. The maximum absolute atomic E-state index is 13.0. The van der Waals surface area contributed by atoms with Crippen LogP contribution in [0.15, 0.2) is 46.2 Å². The van der Waals surface area contributed by atoms with Crippen molar-refractivity contribution < 1.29 is 31.4 Å². The molecule has 0 bridgehead atoms. The summed E-state index contributed by atoms with van der Waals surface area (Å²) in [6.07, 6.45) is -0.626.